The minimum atomic E-state index is -0.0998. The fourth-order valence-corrected chi connectivity index (χ4v) is 4.31. The third kappa shape index (κ3) is 4.12. The molecule has 1 atom stereocenters. The van der Waals surface area contributed by atoms with E-state index < -0.39 is 0 Å². The number of thioether (sulfide) groups is 1. The van der Waals surface area contributed by atoms with Crippen LogP contribution < -0.4 is 4.74 Å². The first-order valence-electron chi connectivity index (χ1n) is 9.22. The van der Waals surface area contributed by atoms with E-state index in [1.54, 1.807) is 30.1 Å². The van der Waals surface area contributed by atoms with Crippen molar-refractivity contribution in [2.75, 3.05) is 18.8 Å². The number of fused-ring (bicyclic) bond motifs is 1. The van der Waals surface area contributed by atoms with Crippen molar-refractivity contribution in [2.24, 2.45) is 0 Å². The molecule has 1 aromatic carbocycles. The number of hydrogen-bond acceptors (Lipinski definition) is 5. The Kier molecular flexibility index (Phi) is 5.49. The highest BCUT2D eigenvalue weighted by Gasteiger charge is 2.25. The van der Waals surface area contributed by atoms with Crippen molar-refractivity contribution in [2.45, 2.75) is 23.8 Å². The highest BCUT2D eigenvalue weighted by Crippen LogP contribution is 2.28. The zero-order valence-electron chi connectivity index (χ0n) is 15.3. The number of amides is 1. The number of aromatic amines is 1. The van der Waals surface area contributed by atoms with Crippen molar-refractivity contribution in [3.05, 3.63) is 54.4 Å². The molecule has 2 aromatic heterocycles. The van der Waals surface area contributed by atoms with Gasteiger partial charge < -0.3 is 14.6 Å². The lowest BCUT2D eigenvalue weighted by Crippen LogP contribution is -2.45. The predicted octanol–water partition coefficient (Wildman–Crippen LogP) is 3.60. The fourth-order valence-electron chi connectivity index (χ4n) is 3.37. The smallest absolute Gasteiger partial charge is 0.233 e. The van der Waals surface area contributed by atoms with Gasteiger partial charge in [-0.2, -0.15) is 5.26 Å². The molecule has 4 rings (SSSR count). The van der Waals surface area contributed by atoms with Gasteiger partial charge in [0.2, 0.25) is 11.8 Å². The van der Waals surface area contributed by atoms with Gasteiger partial charge in [0, 0.05) is 40.8 Å². The number of nitriles is 1. The molecule has 1 saturated heterocycles. The molecule has 0 aliphatic carbocycles. The summed E-state index contributed by atoms with van der Waals surface area (Å²) >= 11 is 1.56. The van der Waals surface area contributed by atoms with Gasteiger partial charge in [0.05, 0.1) is 23.9 Å². The summed E-state index contributed by atoms with van der Waals surface area (Å²) in [6.45, 7) is 1.30. The Morgan fingerprint density at radius 2 is 2.29 bits per heavy atom. The van der Waals surface area contributed by atoms with Gasteiger partial charge in [-0.15, -0.1) is 11.8 Å². The number of H-pyrrole nitrogens is 1. The number of hydrogen-bond donors (Lipinski definition) is 1. The van der Waals surface area contributed by atoms with Crippen LogP contribution in [0, 0.1) is 11.3 Å². The van der Waals surface area contributed by atoms with Gasteiger partial charge in [-0.3, -0.25) is 4.79 Å². The number of ether oxygens (including phenoxy) is 1. The summed E-state index contributed by atoms with van der Waals surface area (Å²) in [5.41, 5.74) is 1.60. The lowest BCUT2D eigenvalue weighted by atomic mass is 10.1. The van der Waals surface area contributed by atoms with Crippen LogP contribution in [-0.2, 0) is 4.79 Å². The largest absolute Gasteiger partial charge is 0.472 e. The van der Waals surface area contributed by atoms with Crippen LogP contribution in [0.3, 0.4) is 0 Å². The number of nitrogens with one attached hydrogen (secondary N) is 1. The Hall–Kier alpha value is -2.98. The average molecular weight is 392 g/mol. The van der Waals surface area contributed by atoms with Crippen LogP contribution in [0.15, 0.2) is 53.7 Å². The van der Waals surface area contributed by atoms with Gasteiger partial charge in [0.25, 0.3) is 0 Å². The molecule has 1 aliphatic rings. The van der Waals surface area contributed by atoms with Gasteiger partial charge in [0.15, 0.2) is 0 Å². The van der Waals surface area contributed by atoms with E-state index >= 15 is 0 Å². The van der Waals surface area contributed by atoms with Gasteiger partial charge >= 0.3 is 0 Å². The molecule has 7 heteroatoms. The third-order valence-electron chi connectivity index (χ3n) is 4.78. The molecule has 28 heavy (non-hydrogen) atoms. The molecule has 1 amide bonds. The highest BCUT2D eigenvalue weighted by atomic mass is 32.2. The molecular formula is C21H20N4O2S. The Morgan fingerprint density at radius 3 is 3.18 bits per heavy atom. The molecule has 0 bridgehead atoms. The van der Waals surface area contributed by atoms with Crippen LogP contribution in [0.4, 0.5) is 0 Å². The van der Waals surface area contributed by atoms with Crippen molar-refractivity contribution < 1.29 is 9.53 Å². The lowest BCUT2D eigenvalue weighted by Gasteiger charge is -2.32. The summed E-state index contributed by atoms with van der Waals surface area (Å²) < 4.78 is 5.92. The minimum absolute atomic E-state index is 0.0998. The number of para-hydroxylation sites is 1. The monoisotopic (exact) mass is 392 g/mol. The van der Waals surface area contributed by atoms with E-state index in [1.807, 2.05) is 29.3 Å². The molecule has 3 aromatic rings. The summed E-state index contributed by atoms with van der Waals surface area (Å²) in [5, 5.41) is 10.1. The van der Waals surface area contributed by atoms with Crippen LogP contribution in [-0.4, -0.2) is 45.7 Å². The lowest BCUT2D eigenvalue weighted by molar-refractivity contribution is -0.130. The summed E-state index contributed by atoms with van der Waals surface area (Å²) in [6, 6.07) is 13.5. The molecule has 6 nitrogen and oxygen atoms in total. The SMILES string of the molecule is N#Cc1ccnc(OC2CCCN(C(=O)CSc3c[nH]c4ccccc34)C2)c1. The summed E-state index contributed by atoms with van der Waals surface area (Å²) in [6.07, 6.45) is 5.19. The normalized spacial score (nSPS) is 16.7. The molecule has 3 heterocycles. The van der Waals surface area contributed by atoms with E-state index in [-0.39, 0.29) is 12.0 Å². The van der Waals surface area contributed by atoms with E-state index in [9.17, 15) is 4.79 Å². The van der Waals surface area contributed by atoms with Crippen molar-refractivity contribution in [1.82, 2.24) is 14.9 Å². The molecule has 1 aliphatic heterocycles. The Bertz CT molecular complexity index is 1030. The topological polar surface area (TPSA) is 82.0 Å². The second-order valence-corrected chi connectivity index (χ2v) is 7.72. The molecule has 1 N–H and O–H groups in total. The Labute approximate surface area is 167 Å². The van der Waals surface area contributed by atoms with Crippen molar-refractivity contribution in [3.8, 4) is 11.9 Å². The van der Waals surface area contributed by atoms with Gasteiger partial charge in [0.1, 0.15) is 6.10 Å². The first kappa shape index (κ1) is 18.4. The van der Waals surface area contributed by atoms with Crippen molar-refractivity contribution in [3.63, 3.8) is 0 Å². The van der Waals surface area contributed by atoms with E-state index in [0.717, 1.165) is 35.2 Å². The standard InChI is InChI=1S/C21H20N4O2S/c22-11-15-7-8-23-20(10-15)27-16-4-3-9-25(13-16)21(26)14-28-19-12-24-18-6-2-1-5-17(18)19/h1-2,5-8,10,12,16,24H,3-4,9,13-14H2. The second kappa shape index (κ2) is 8.36. The average Bonchev–Trinajstić information content (AvgIpc) is 3.15. The predicted molar refractivity (Wildman–Crippen MR) is 108 cm³/mol. The summed E-state index contributed by atoms with van der Waals surface area (Å²) in [4.78, 5) is 23.1. The number of benzene rings is 1. The maximum atomic E-state index is 12.7. The quantitative estimate of drug-likeness (QED) is 0.671. The number of piperidine rings is 1. The van der Waals surface area contributed by atoms with E-state index in [4.69, 9.17) is 10.00 Å². The second-order valence-electron chi connectivity index (χ2n) is 6.70. The molecular weight excluding hydrogens is 372 g/mol. The molecule has 0 spiro atoms. The number of carbonyl (C=O) groups is 1. The van der Waals surface area contributed by atoms with Crippen molar-refractivity contribution >= 4 is 28.6 Å². The maximum Gasteiger partial charge on any atom is 0.233 e. The van der Waals surface area contributed by atoms with Gasteiger partial charge in [-0.05, 0) is 25.0 Å². The van der Waals surface area contributed by atoms with E-state index in [1.165, 1.54) is 0 Å². The van der Waals surface area contributed by atoms with Crippen molar-refractivity contribution in [1.29, 1.82) is 5.26 Å². The number of rotatable bonds is 5. The van der Waals surface area contributed by atoms with Gasteiger partial charge in [-0.25, -0.2) is 4.98 Å². The van der Waals surface area contributed by atoms with Crippen LogP contribution in [0.1, 0.15) is 18.4 Å². The molecule has 0 radical (unpaired) electrons. The zero-order valence-corrected chi connectivity index (χ0v) is 16.1. The zero-order chi connectivity index (χ0) is 19.3. The Balaban J connectivity index is 1.34. The number of nitrogens with zero attached hydrogens (tertiary/aromatic N) is 3. The first-order chi connectivity index (χ1) is 13.7. The summed E-state index contributed by atoms with van der Waals surface area (Å²) in [7, 11) is 0. The molecule has 142 valence electrons. The van der Waals surface area contributed by atoms with Crippen LogP contribution in [0.2, 0.25) is 0 Å². The first-order valence-corrected chi connectivity index (χ1v) is 10.2. The van der Waals surface area contributed by atoms with Crippen LogP contribution in [0.25, 0.3) is 10.9 Å². The fraction of sp³-hybridized carbons (Fsp3) is 0.286. The summed E-state index contributed by atoms with van der Waals surface area (Å²) in [5.74, 6) is 0.949. The molecule has 1 fully saturated rings. The number of pyridine rings is 1. The van der Waals surface area contributed by atoms with E-state index in [0.29, 0.717) is 23.7 Å². The highest BCUT2D eigenvalue weighted by molar-refractivity contribution is 8.00. The molecule has 1 unspecified atom stereocenters. The maximum absolute atomic E-state index is 12.7. The number of aromatic nitrogens is 2. The number of likely N-dealkylation sites (tertiary alicyclic amines) is 1. The Morgan fingerprint density at radius 1 is 1.39 bits per heavy atom. The van der Waals surface area contributed by atoms with Crippen LogP contribution in [0.5, 0.6) is 5.88 Å². The van der Waals surface area contributed by atoms with Gasteiger partial charge in [-0.1, -0.05) is 18.2 Å². The molecule has 0 saturated carbocycles. The third-order valence-corrected chi connectivity index (χ3v) is 5.82. The number of carbonyl (C=O) groups excluding carboxylic acids is 1. The van der Waals surface area contributed by atoms with Crippen LogP contribution >= 0.6 is 11.8 Å². The minimum Gasteiger partial charge on any atom is -0.472 e. The van der Waals surface area contributed by atoms with E-state index in [2.05, 4.69) is 22.1 Å².